The van der Waals surface area contributed by atoms with Crippen molar-refractivity contribution >= 4 is 39.4 Å². The van der Waals surface area contributed by atoms with Gasteiger partial charge in [0.2, 0.25) is 0 Å². The predicted octanol–water partition coefficient (Wildman–Crippen LogP) is 4.55. The summed E-state index contributed by atoms with van der Waals surface area (Å²) in [6, 6.07) is 17.5. The summed E-state index contributed by atoms with van der Waals surface area (Å²) in [5, 5.41) is 8.49. The Morgan fingerprint density at radius 1 is 1.11 bits per heavy atom. The molecule has 0 saturated heterocycles. The van der Waals surface area contributed by atoms with Crippen molar-refractivity contribution in [2.45, 2.75) is 11.8 Å². The SMILES string of the molecule is COc1ccc(NS(=O)(=O)c2cccc(C(=O)N/N=C\c3c(C)nn(-c4ccc(F)cc4)c3Cl)c2)cc1. The number of benzene rings is 3. The Balaban J connectivity index is 1.47. The number of aromatic nitrogens is 2. The van der Waals surface area contributed by atoms with Gasteiger partial charge >= 0.3 is 0 Å². The van der Waals surface area contributed by atoms with Crippen molar-refractivity contribution in [2.75, 3.05) is 11.8 Å². The van der Waals surface area contributed by atoms with E-state index in [1.807, 2.05) is 0 Å². The molecule has 37 heavy (non-hydrogen) atoms. The molecule has 0 aliphatic carbocycles. The number of amides is 1. The third kappa shape index (κ3) is 5.96. The van der Waals surface area contributed by atoms with Gasteiger partial charge in [-0.2, -0.15) is 10.2 Å². The second kappa shape index (κ2) is 10.8. The largest absolute Gasteiger partial charge is 0.497 e. The van der Waals surface area contributed by atoms with E-state index in [2.05, 4.69) is 20.3 Å². The zero-order valence-electron chi connectivity index (χ0n) is 19.6. The molecule has 1 amide bonds. The minimum absolute atomic E-state index is 0.0829. The number of nitrogens with one attached hydrogen (secondary N) is 2. The van der Waals surface area contributed by atoms with Crippen LogP contribution in [0.4, 0.5) is 10.1 Å². The zero-order valence-corrected chi connectivity index (χ0v) is 21.2. The molecule has 0 radical (unpaired) electrons. The van der Waals surface area contributed by atoms with Gasteiger partial charge in [-0.25, -0.2) is 22.9 Å². The number of aryl methyl sites for hydroxylation is 1. The van der Waals surface area contributed by atoms with Gasteiger partial charge in [-0.15, -0.1) is 0 Å². The van der Waals surface area contributed by atoms with Crippen LogP contribution in [0.25, 0.3) is 5.69 Å². The molecule has 1 aromatic heterocycles. The average Bonchev–Trinajstić information content (AvgIpc) is 3.18. The van der Waals surface area contributed by atoms with Crippen LogP contribution in [0, 0.1) is 12.7 Å². The molecule has 0 atom stereocenters. The molecule has 9 nitrogen and oxygen atoms in total. The van der Waals surface area contributed by atoms with Crippen LogP contribution in [-0.4, -0.2) is 37.4 Å². The van der Waals surface area contributed by atoms with Crippen LogP contribution in [0.2, 0.25) is 5.15 Å². The van der Waals surface area contributed by atoms with Crippen LogP contribution in [0.5, 0.6) is 5.75 Å². The third-order valence-corrected chi connectivity index (χ3v) is 6.97. The molecule has 0 bridgehead atoms. The average molecular weight is 542 g/mol. The molecular formula is C25H21ClFN5O4S. The van der Waals surface area contributed by atoms with Crippen LogP contribution < -0.4 is 14.9 Å². The maximum atomic E-state index is 13.2. The van der Waals surface area contributed by atoms with Crippen molar-refractivity contribution in [3.8, 4) is 11.4 Å². The van der Waals surface area contributed by atoms with E-state index in [1.165, 1.54) is 66.5 Å². The van der Waals surface area contributed by atoms with Crippen molar-refractivity contribution in [3.63, 3.8) is 0 Å². The lowest BCUT2D eigenvalue weighted by Crippen LogP contribution is -2.19. The van der Waals surface area contributed by atoms with E-state index in [9.17, 15) is 17.6 Å². The Morgan fingerprint density at radius 2 is 1.81 bits per heavy atom. The number of hydrogen-bond acceptors (Lipinski definition) is 6. The Bertz CT molecular complexity index is 1570. The van der Waals surface area contributed by atoms with Gasteiger partial charge in [-0.05, 0) is 73.7 Å². The molecule has 0 saturated carbocycles. The monoisotopic (exact) mass is 541 g/mol. The molecule has 4 aromatic rings. The van der Waals surface area contributed by atoms with E-state index in [0.29, 0.717) is 28.4 Å². The van der Waals surface area contributed by atoms with Crippen molar-refractivity contribution in [3.05, 3.63) is 101 Å². The minimum Gasteiger partial charge on any atom is -0.497 e. The van der Waals surface area contributed by atoms with E-state index in [1.54, 1.807) is 31.2 Å². The van der Waals surface area contributed by atoms with Crippen molar-refractivity contribution in [1.82, 2.24) is 15.2 Å². The number of anilines is 1. The lowest BCUT2D eigenvalue weighted by atomic mass is 10.2. The van der Waals surface area contributed by atoms with Gasteiger partial charge in [0, 0.05) is 11.3 Å². The number of ether oxygens (including phenoxy) is 1. The van der Waals surface area contributed by atoms with E-state index >= 15 is 0 Å². The van der Waals surface area contributed by atoms with Crippen LogP contribution in [0.15, 0.2) is 82.8 Å². The summed E-state index contributed by atoms with van der Waals surface area (Å²) < 4.78 is 47.8. The molecule has 0 fully saturated rings. The molecule has 4 rings (SSSR count). The second-order valence-corrected chi connectivity index (χ2v) is 9.78. The predicted molar refractivity (Wildman–Crippen MR) is 139 cm³/mol. The first kappa shape index (κ1) is 25.9. The lowest BCUT2D eigenvalue weighted by Gasteiger charge is -2.09. The Labute approximate surface area is 217 Å². The Hall–Kier alpha value is -4.22. The summed E-state index contributed by atoms with van der Waals surface area (Å²) in [6.07, 6.45) is 1.33. The molecular weight excluding hydrogens is 521 g/mol. The van der Waals surface area contributed by atoms with Gasteiger partial charge in [0.1, 0.15) is 16.7 Å². The van der Waals surface area contributed by atoms with Gasteiger partial charge in [0.25, 0.3) is 15.9 Å². The zero-order chi connectivity index (χ0) is 26.6. The van der Waals surface area contributed by atoms with Gasteiger partial charge in [-0.1, -0.05) is 17.7 Å². The smallest absolute Gasteiger partial charge is 0.271 e. The molecule has 0 aliphatic heterocycles. The second-order valence-electron chi connectivity index (χ2n) is 7.74. The molecule has 2 N–H and O–H groups in total. The summed E-state index contributed by atoms with van der Waals surface area (Å²) >= 11 is 6.41. The first-order valence-corrected chi connectivity index (χ1v) is 12.7. The number of methoxy groups -OCH3 is 1. The van der Waals surface area contributed by atoms with E-state index < -0.39 is 15.9 Å². The van der Waals surface area contributed by atoms with Crippen LogP contribution in [0.1, 0.15) is 21.6 Å². The number of carbonyl (C=O) groups excluding carboxylic acids is 1. The molecule has 3 aromatic carbocycles. The summed E-state index contributed by atoms with van der Waals surface area (Å²) in [4.78, 5) is 12.5. The minimum atomic E-state index is -3.95. The Morgan fingerprint density at radius 3 is 2.49 bits per heavy atom. The fraction of sp³-hybridized carbons (Fsp3) is 0.0800. The highest BCUT2D eigenvalue weighted by atomic mass is 35.5. The number of sulfonamides is 1. The van der Waals surface area contributed by atoms with Gasteiger partial charge in [0.15, 0.2) is 0 Å². The van der Waals surface area contributed by atoms with Crippen molar-refractivity contribution in [1.29, 1.82) is 0 Å². The third-order valence-electron chi connectivity index (χ3n) is 5.23. The summed E-state index contributed by atoms with van der Waals surface area (Å²) in [6.45, 7) is 1.71. The first-order chi connectivity index (χ1) is 17.7. The normalized spacial score (nSPS) is 11.5. The highest BCUT2D eigenvalue weighted by Gasteiger charge is 2.17. The molecule has 0 spiro atoms. The standard InChI is InChI=1S/C25H21ClFN5O4S/c1-16-23(24(26)32(30-16)20-10-6-18(27)7-11-20)15-28-29-25(33)17-4-3-5-22(14-17)37(34,35)31-19-8-12-21(36-2)13-9-19/h3-15,31H,1-2H3,(H,29,33)/b28-15-. The summed E-state index contributed by atoms with van der Waals surface area (Å²) in [7, 11) is -2.44. The van der Waals surface area contributed by atoms with Crippen LogP contribution >= 0.6 is 11.6 Å². The highest BCUT2D eigenvalue weighted by Crippen LogP contribution is 2.23. The number of hydrazone groups is 1. The van der Waals surface area contributed by atoms with Crippen LogP contribution in [-0.2, 0) is 10.0 Å². The maximum Gasteiger partial charge on any atom is 0.271 e. The number of hydrogen-bond donors (Lipinski definition) is 2. The first-order valence-electron chi connectivity index (χ1n) is 10.8. The fourth-order valence-corrected chi connectivity index (χ4v) is 4.73. The molecule has 0 unspecified atom stereocenters. The molecule has 190 valence electrons. The van der Waals surface area contributed by atoms with E-state index in [0.717, 1.165) is 0 Å². The fourth-order valence-electron chi connectivity index (χ4n) is 3.31. The van der Waals surface area contributed by atoms with E-state index in [4.69, 9.17) is 16.3 Å². The van der Waals surface area contributed by atoms with Gasteiger partial charge < -0.3 is 4.74 Å². The lowest BCUT2D eigenvalue weighted by molar-refractivity contribution is 0.0955. The van der Waals surface area contributed by atoms with Crippen molar-refractivity contribution < 1.29 is 22.3 Å². The number of nitrogens with zero attached hydrogens (tertiary/aromatic N) is 3. The quantitative estimate of drug-likeness (QED) is 0.251. The van der Waals surface area contributed by atoms with Gasteiger partial charge in [0.05, 0.1) is 35.2 Å². The Kier molecular flexibility index (Phi) is 7.55. The van der Waals surface area contributed by atoms with E-state index in [-0.39, 0.29) is 21.4 Å². The highest BCUT2D eigenvalue weighted by molar-refractivity contribution is 7.92. The summed E-state index contributed by atoms with van der Waals surface area (Å²) in [5.41, 5.74) is 4.32. The van der Waals surface area contributed by atoms with Crippen LogP contribution in [0.3, 0.4) is 0 Å². The number of halogens is 2. The van der Waals surface area contributed by atoms with Crippen molar-refractivity contribution in [2.24, 2.45) is 5.10 Å². The van der Waals surface area contributed by atoms with Gasteiger partial charge in [-0.3, -0.25) is 9.52 Å². The summed E-state index contributed by atoms with van der Waals surface area (Å²) in [5.74, 6) is -0.430. The number of carbonyl (C=O) groups is 1. The maximum absolute atomic E-state index is 13.2. The number of rotatable bonds is 8. The molecule has 12 heteroatoms. The molecule has 1 heterocycles. The topological polar surface area (TPSA) is 115 Å². The molecule has 0 aliphatic rings.